The minimum Gasteiger partial charge on any atom is -0.457 e. The number of carbonyl (C=O) groups is 1. The van der Waals surface area contributed by atoms with Crippen LogP contribution in [-0.2, 0) is 18.4 Å². The number of carbonyl (C=O) groups excluding carboxylic acids is 1. The van der Waals surface area contributed by atoms with Crippen molar-refractivity contribution in [2.24, 2.45) is 7.05 Å². The monoisotopic (exact) mass is 487 g/mol. The summed E-state index contributed by atoms with van der Waals surface area (Å²) in [6.07, 6.45) is 4.51. The molecule has 0 amide bonds. The maximum absolute atomic E-state index is 13.3. The first-order valence-corrected chi connectivity index (χ1v) is 10.7. The molecule has 3 aromatic heterocycles. The lowest BCUT2D eigenvalue weighted by atomic mass is 10.2. The second-order valence-corrected chi connectivity index (χ2v) is 7.78. The van der Waals surface area contributed by atoms with Crippen molar-refractivity contribution in [2.45, 2.75) is 6.61 Å². The third kappa shape index (κ3) is 4.37. The Bertz CT molecular complexity index is 1690. The van der Waals surface area contributed by atoms with Gasteiger partial charge in [-0.15, -0.1) is 0 Å². The highest BCUT2D eigenvalue weighted by atomic mass is 19.1. The fraction of sp³-hybridized carbons (Fsp3) is 0.0800. The molecule has 0 bridgehead atoms. The van der Waals surface area contributed by atoms with Gasteiger partial charge in [0.25, 0.3) is 5.56 Å². The molecule has 5 aromatic rings. The third-order valence-electron chi connectivity index (χ3n) is 5.35. The minimum absolute atomic E-state index is 0.0260. The summed E-state index contributed by atoms with van der Waals surface area (Å²) in [7, 11) is 1.57. The fourth-order valence-electron chi connectivity index (χ4n) is 3.72. The molecule has 0 saturated carbocycles. The van der Waals surface area contributed by atoms with Crippen molar-refractivity contribution in [1.82, 2.24) is 24.1 Å². The molecule has 0 aliphatic rings. The molecule has 0 unspecified atom stereocenters. The summed E-state index contributed by atoms with van der Waals surface area (Å²) >= 11 is 0. The van der Waals surface area contributed by atoms with E-state index in [1.165, 1.54) is 22.9 Å². The second kappa shape index (κ2) is 9.29. The summed E-state index contributed by atoms with van der Waals surface area (Å²) < 4.78 is 26.6. The predicted octanol–water partition coefficient (Wildman–Crippen LogP) is 3.10. The van der Waals surface area contributed by atoms with Crippen LogP contribution < -0.4 is 16.0 Å². The largest absolute Gasteiger partial charge is 0.457 e. The molecule has 0 atom stereocenters. The highest BCUT2D eigenvalue weighted by molar-refractivity contribution is 6.02. The molecule has 0 radical (unpaired) electrons. The number of nitrogens with zero attached hydrogens (tertiary/aromatic N) is 4. The SMILES string of the molecule is Cn1cc(C(=O)OCc2cccc(Oc3ncccn3)c2)c2[nH]c(=O)n(-c3ccc(F)cc3)c(=O)c21. The molecule has 0 fully saturated rings. The number of benzene rings is 2. The number of aromatic amines is 1. The van der Waals surface area contributed by atoms with Crippen LogP contribution in [0.3, 0.4) is 0 Å². The number of aryl methyl sites for hydroxylation is 1. The van der Waals surface area contributed by atoms with Crippen LogP contribution in [0.15, 0.2) is 82.8 Å². The van der Waals surface area contributed by atoms with Gasteiger partial charge in [0, 0.05) is 25.6 Å². The Morgan fingerprint density at radius 1 is 1.06 bits per heavy atom. The van der Waals surface area contributed by atoms with Crippen LogP contribution >= 0.6 is 0 Å². The molecule has 0 saturated heterocycles. The van der Waals surface area contributed by atoms with E-state index >= 15 is 0 Å². The fourth-order valence-corrected chi connectivity index (χ4v) is 3.72. The molecule has 36 heavy (non-hydrogen) atoms. The van der Waals surface area contributed by atoms with Gasteiger partial charge in [-0.1, -0.05) is 12.1 Å². The van der Waals surface area contributed by atoms with Gasteiger partial charge in [0.05, 0.1) is 11.2 Å². The summed E-state index contributed by atoms with van der Waals surface area (Å²) in [5, 5.41) is 0. The first kappa shape index (κ1) is 22.7. The molecule has 0 spiro atoms. The van der Waals surface area contributed by atoms with Gasteiger partial charge in [0.1, 0.15) is 29.3 Å². The number of hydrogen-bond acceptors (Lipinski definition) is 7. The molecule has 0 aliphatic heterocycles. The molecule has 11 heteroatoms. The minimum atomic E-state index is -0.771. The molecule has 180 valence electrons. The van der Waals surface area contributed by atoms with Crippen LogP contribution in [-0.4, -0.2) is 30.1 Å². The first-order valence-electron chi connectivity index (χ1n) is 10.7. The number of nitrogens with one attached hydrogen (secondary N) is 1. The summed E-state index contributed by atoms with van der Waals surface area (Å²) in [6.45, 7) is -0.0844. The third-order valence-corrected chi connectivity index (χ3v) is 5.35. The van der Waals surface area contributed by atoms with Gasteiger partial charge >= 0.3 is 17.7 Å². The Hall–Kier alpha value is -5.06. The lowest BCUT2D eigenvalue weighted by Crippen LogP contribution is -2.34. The normalized spacial score (nSPS) is 10.9. The van der Waals surface area contributed by atoms with Crippen molar-refractivity contribution in [1.29, 1.82) is 0 Å². The van der Waals surface area contributed by atoms with E-state index < -0.39 is 23.0 Å². The van der Waals surface area contributed by atoms with Crippen molar-refractivity contribution in [2.75, 3.05) is 0 Å². The number of H-pyrrole nitrogens is 1. The van der Waals surface area contributed by atoms with E-state index in [4.69, 9.17) is 9.47 Å². The van der Waals surface area contributed by atoms with Crippen molar-refractivity contribution < 1.29 is 18.7 Å². The maximum Gasteiger partial charge on any atom is 0.342 e. The van der Waals surface area contributed by atoms with Gasteiger partial charge < -0.3 is 19.0 Å². The quantitative estimate of drug-likeness (QED) is 0.365. The van der Waals surface area contributed by atoms with Gasteiger partial charge in [-0.2, -0.15) is 0 Å². The molecule has 0 aliphatic carbocycles. The molecule has 10 nitrogen and oxygen atoms in total. The Labute approximate surface area is 202 Å². The Morgan fingerprint density at radius 3 is 2.56 bits per heavy atom. The van der Waals surface area contributed by atoms with Gasteiger partial charge in [0.15, 0.2) is 0 Å². The van der Waals surface area contributed by atoms with E-state index in [0.717, 1.165) is 16.7 Å². The van der Waals surface area contributed by atoms with E-state index in [1.807, 2.05) is 0 Å². The van der Waals surface area contributed by atoms with E-state index in [-0.39, 0.29) is 34.9 Å². The molecule has 3 heterocycles. The molecular formula is C25H18FN5O5. The zero-order chi connectivity index (χ0) is 25.2. The lowest BCUT2D eigenvalue weighted by molar-refractivity contribution is 0.0474. The number of esters is 1. The Morgan fingerprint density at radius 2 is 1.81 bits per heavy atom. The maximum atomic E-state index is 13.3. The van der Waals surface area contributed by atoms with Crippen LogP contribution in [0, 0.1) is 5.82 Å². The van der Waals surface area contributed by atoms with Crippen molar-refractivity contribution >= 4 is 17.0 Å². The number of rotatable bonds is 6. The van der Waals surface area contributed by atoms with Crippen molar-refractivity contribution in [3.8, 4) is 17.4 Å². The molecular weight excluding hydrogens is 469 g/mol. The smallest absolute Gasteiger partial charge is 0.342 e. The van der Waals surface area contributed by atoms with Crippen LogP contribution in [0.2, 0.25) is 0 Å². The van der Waals surface area contributed by atoms with E-state index in [1.54, 1.807) is 49.8 Å². The average Bonchev–Trinajstić information content (AvgIpc) is 3.20. The zero-order valence-corrected chi connectivity index (χ0v) is 18.8. The average molecular weight is 487 g/mol. The summed E-state index contributed by atoms with van der Waals surface area (Å²) in [4.78, 5) is 49.3. The lowest BCUT2D eigenvalue weighted by Gasteiger charge is -2.08. The van der Waals surface area contributed by atoms with Crippen molar-refractivity contribution in [3.63, 3.8) is 0 Å². The summed E-state index contributed by atoms with van der Waals surface area (Å²) in [5.74, 6) is -0.766. The standard InChI is InChI=1S/C25H18FN5O5/c1-30-13-19(20-21(30)22(32)31(25(34)29-20)17-8-6-16(26)7-9-17)23(33)35-14-15-4-2-5-18(12-15)36-24-27-10-3-11-28-24/h2-13H,14H2,1H3,(H,29,34). The van der Waals surface area contributed by atoms with Crippen molar-refractivity contribution in [3.05, 3.63) is 111 Å². The summed E-state index contributed by atoms with van der Waals surface area (Å²) in [6, 6.07) is 13.6. The van der Waals surface area contributed by atoms with Gasteiger partial charge in [0.2, 0.25) is 0 Å². The van der Waals surface area contributed by atoms with Crippen LogP contribution in [0.25, 0.3) is 16.7 Å². The zero-order valence-electron chi connectivity index (χ0n) is 18.8. The number of fused-ring (bicyclic) bond motifs is 1. The summed E-state index contributed by atoms with van der Waals surface area (Å²) in [5.41, 5.74) is -0.430. The number of halogens is 1. The first-order chi connectivity index (χ1) is 17.4. The van der Waals surface area contributed by atoms with Crippen LogP contribution in [0.1, 0.15) is 15.9 Å². The number of aromatic nitrogens is 5. The number of ether oxygens (including phenoxy) is 2. The van der Waals surface area contributed by atoms with E-state index in [9.17, 15) is 18.8 Å². The molecule has 2 aromatic carbocycles. The highest BCUT2D eigenvalue weighted by Gasteiger charge is 2.21. The van der Waals surface area contributed by atoms with Gasteiger partial charge in [-0.3, -0.25) is 4.79 Å². The van der Waals surface area contributed by atoms with Gasteiger partial charge in [-0.05, 0) is 48.0 Å². The van der Waals surface area contributed by atoms with E-state index in [2.05, 4.69) is 15.0 Å². The van der Waals surface area contributed by atoms with Gasteiger partial charge in [-0.25, -0.2) is 28.5 Å². The number of hydrogen-bond donors (Lipinski definition) is 1. The van der Waals surface area contributed by atoms with Crippen LogP contribution in [0.5, 0.6) is 11.8 Å². The second-order valence-electron chi connectivity index (χ2n) is 7.78. The Kier molecular flexibility index (Phi) is 5.87. The van der Waals surface area contributed by atoms with Crippen LogP contribution in [0.4, 0.5) is 4.39 Å². The molecule has 1 N–H and O–H groups in total. The highest BCUT2D eigenvalue weighted by Crippen LogP contribution is 2.21. The molecule has 5 rings (SSSR count). The topological polar surface area (TPSA) is 121 Å². The predicted molar refractivity (Wildman–Crippen MR) is 127 cm³/mol. The van der Waals surface area contributed by atoms with E-state index in [0.29, 0.717) is 11.3 Å². The Balaban J connectivity index is 1.40.